The number of fused-ring (bicyclic) bond motifs is 1. The Balaban J connectivity index is 2.45. The number of nitrogens with one attached hydrogen (secondary N) is 1. The zero-order chi connectivity index (χ0) is 14.0. The number of hydrogen-bond donors (Lipinski definition) is 2. The van der Waals surface area contributed by atoms with E-state index in [0.29, 0.717) is 12.2 Å². The molecular formula is C14H19N3O2. The molecule has 1 amide bonds. The zero-order valence-corrected chi connectivity index (χ0v) is 11.4. The van der Waals surface area contributed by atoms with Gasteiger partial charge in [-0.05, 0) is 25.1 Å². The Morgan fingerprint density at radius 3 is 2.89 bits per heavy atom. The number of carbonyl (C=O) groups is 1. The molecular weight excluding hydrogens is 242 g/mol. The molecule has 0 radical (unpaired) electrons. The molecule has 0 aliphatic carbocycles. The first kappa shape index (κ1) is 13.4. The third-order valence-electron chi connectivity index (χ3n) is 3.23. The summed E-state index contributed by atoms with van der Waals surface area (Å²) >= 11 is 0. The summed E-state index contributed by atoms with van der Waals surface area (Å²) in [5.74, 6) is 0.637. The predicted octanol–water partition coefficient (Wildman–Crippen LogP) is 1.26. The number of benzene rings is 1. The van der Waals surface area contributed by atoms with Gasteiger partial charge in [0.2, 0.25) is 0 Å². The summed E-state index contributed by atoms with van der Waals surface area (Å²) in [6.45, 7) is 2.29. The summed E-state index contributed by atoms with van der Waals surface area (Å²) in [5, 5.41) is 3.79. The van der Waals surface area contributed by atoms with Crippen LogP contribution in [0.4, 0.5) is 0 Å². The van der Waals surface area contributed by atoms with Crippen molar-refractivity contribution >= 4 is 16.8 Å². The molecule has 2 aromatic rings. The Bertz CT molecular complexity index is 604. The summed E-state index contributed by atoms with van der Waals surface area (Å²) in [6.07, 6.45) is 0. The second-order valence-electron chi connectivity index (χ2n) is 4.59. The molecule has 102 valence electrons. The molecule has 0 aliphatic heterocycles. The minimum atomic E-state index is -0.126. The van der Waals surface area contributed by atoms with E-state index in [9.17, 15) is 4.79 Å². The van der Waals surface area contributed by atoms with Gasteiger partial charge in [0.15, 0.2) is 0 Å². The number of ether oxygens (including phenoxy) is 1. The molecule has 5 heteroatoms. The maximum atomic E-state index is 12.2. The van der Waals surface area contributed by atoms with Crippen LogP contribution < -0.4 is 15.8 Å². The highest BCUT2D eigenvalue weighted by Gasteiger charge is 2.16. The van der Waals surface area contributed by atoms with E-state index in [1.54, 1.807) is 7.11 Å². The molecule has 1 heterocycles. The van der Waals surface area contributed by atoms with Gasteiger partial charge >= 0.3 is 0 Å². The molecule has 0 saturated carbocycles. The van der Waals surface area contributed by atoms with Crippen LogP contribution in [0.15, 0.2) is 24.3 Å². The van der Waals surface area contributed by atoms with E-state index in [0.717, 1.165) is 16.7 Å². The zero-order valence-electron chi connectivity index (χ0n) is 11.4. The van der Waals surface area contributed by atoms with E-state index in [1.165, 1.54) is 0 Å². The average molecular weight is 261 g/mol. The lowest BCUT2D eigenvalue weighted by Gasteiger charge is -2.11. The number of amides is 1. The molecule has 1 atom stereocenters. The fourth-order valence-corrected chi connectivity index (χ4v) is 2.09. The highest BCUT2D eigenvalue weighted by atomic mass is 16.5. The van der Waals surface area contributed by atoms with Crippen molar-refractivity contribution in [2.45, 2.75) is 13.0 Å². The standard InChI is InChI=1S/C14H19N3O2/c1-9(8-15)16-14(18)12-7-10-11(17(12)2)5-4-6-13(10)19-3/h4-7,9H,8,15H2,1-3H3,(H,16,18). The molecule has 0 fully saturated rings. The maximum Gasteiger partial charge on any atom is 0.268 e. The molecule has 0 spiro atoms. The van der Waals surface area contributed by atoms with Gasteiger partial charge in [-0.3, -0.25) is 4.79 Å². The van der Waals surface area contributed by atoms with Crippen molar-refractivity contribution in [3.8, 4) is 5.75 Å². The number of nitrogens with two attached hydrogens (primary N) is 1. The average Bonchev–Trinajstić information content (AvgIpc) is 2.76. The topological polar surface area (TPSA) is 69.3 Å². The van der Waals surface area contributed by atoms with E-state index < -0.39 is 0 Å². The van der Waals surface area contributed by atoms with Crippen molar-refractivity contribution in [1.29, 1.82) is 0 Å². The Labute approximate surface area is 112 Å². The van der Waals surface area contributed by atoms with Crippen molar-refractivity contribution in [2.24, 2.45) is 12.8 Å². The minimum Gasteiger partial charge on any atom is -0.496 e. The molecule has 1 aromatic carbocycles. The summed E-state index contributed by atoms with van der Waals surface area (Å²) in [5.41, 5.74) is 7.08. The van der Waals surface area contributed by atoms with Crippen LogP contribution in [0.2, 0.25) is 0 Å². The maximum absolute atomic E-state index is 12.2. The van der Waals surface area contributed by atoms with E-state index in [2.05, 4.69) is 5.32 Å². The second-order valence-corrected chi connectivity index (χ2v) is 4.59. The van der Waals surface area contributed by atoms with Gasteiger partial charge in [0.1, 0.15) is 11.4 Å². The third kappa shape index (κ3) is 2.42. The van der Waals surface area contributed by atoms with Crippen molar-refractivity contribution in [2.75, 3.05) is 13.7 Å². The number of hydrogen-bond acceptors (Lipinski definition) is 3. The molecule has 0 saturated heterocycles. The summed E-state index contributed by atoms with van der Waals surface area (Å²) in [6, 6.07) is 7.54. The SMILES string of the molecule is COc1cccc2c1cc(C(=O)NC(C)CN)n2C. The van der Waals surface area contributed by atoms with Crippen LogP contribution in [0.25, 0.3) is 10.9 Å². The van der Waals surface area contributed by atoms with E-state index in [-0.39, 0.29) is 11.9 Å². The molecule has 19 heavy (non-hydrogen) atoms. The highest BCUT2D eigenvalue weighted by molar-refractivity contribution is 6.00. The van der Waals surface area contributed by atoms with Crippen LogP contribution in [0.1, 0.15) is 17.4 Å². The van der Waals surface area contributed by atoms with Crippen molar-refractivity contribution in [1.82, 2.24) is 9.88 Å². The summed E-state index contributed by atoms with van der Waals surface area (Å²) in [4.78, 5) is 12.2. The second kappa shape index (κ2) is 5.32. The number of methoxy groups -OCH3 is 1. The van der Waals surface area contributed by atoms with Gasteiger partial charge < -0.3 is 20.4 Å². The number of aromatic nitrogens is 1. The number of aryl methyl sites for hydroxylation is 1. The smallest absolute Gasteiger partial charge is 0.268 e. The molecule has 0 aliphatic rings. The molecule has 1 unspecified atom stereocenters. The van der Waals surface area contributed by atoms with Gasteiger partial charge in [-0.25, -0.2) is 0 Å². The van der Waals surface area contributed by atoms with Crippen LogP contribution >= 0.6 is 0 Å². The van der Waals surface area contributed by atoms with E-state index >= 15 is 0 Å². The van der Waals surface area contributed by atoms with Crippen LogP contribution in [0, 0.1) is 0 Å². The summed E-state index contributed by atoms with van der Waals surface area (Å²) in [7, 11) is 3.49. The molecule has 3 N–H and O–H groups in total. The van der Waals surface area contributed by atoms with Crippen LogP contribution in [0.5, 0.6) is 5.75 Å². The first-order valence-electron chi connectivity index (χ1n) is 6.21. The lowest BCUT2D eigenvalue weighted by Crippen LogP contribution is -2.38. The van der Waals surface area contributed by atoms with Crippen molar-refractivity contribution in [3.63, 3.8) is 0 Å². The number of rotatable bonds is 4. The normalized spacial score (nSPS) is 12.4. The molecule has 5 nitrogen and oxygen atoms in total. The Hall–Kier alpha value is -2.01. The van der Waals surface area contributed by atoms with Gasteiger partial charge in [-0.2, -0.15) is 0 Å². The Morgan fingerprint density at radius 1 is 1.53 bits per heavy atom. The fourth-order valence-electron chi connectivity index (χ4n) is 2.09. The van der Waals surface area contributed by atoms with E-state index in [4.69, 9.17) is 10.5 Å². The lowest BCUT2D eigenvalue weighted by molar-refractivity contribution is 0.0933. The van der Waals surface area contributed by atoms with E-state index in [1.807, 2.05) is 42.8 Å². The number of nitrogens with zero attached hydrogens (tertiary/aromatic N) is 1. The summed E-state index contributed by atoms with van der Waals surface area (Å²) < 4.78 is 7.17. The van der Waals surface area contributed by atoms with Gasteiger partial charge in [0, 0.05) is 25.0 Å². The Morgan fingerprint density at radius 2 is 2.26 bits per heavy atom. The first-order chi connectivity index (χ1) is 9.08. The molecule has 1 aromatic heterocycles. The van der Waals surface area contributed by atoms with Crippen LogP contribution in [-0.4, -0.2) is 30.2 Å². The van der Waals surface area contributed by atoms with Crippen molar-refractivity contribution in [3.05, 3.63) is 30.0 Å². The van der Waals surface area contributed by atoms with Gasteiger partial charge in [-0.1, -0.05) is 6.07 Å². The largest absolute Gasteiger partial charge is 0.496 e. The monoisotopic (exact) mass is 261 g/mol. The first-order valence-corrected chi connectivity index (χ1v) is 6.21. The fraction of sp³-hybridized carbons (Fsp3) is 0.357. The molecule has 0 bridgehead atoms. The van der Waals surface area contributed by atoms with Crippen LogP contribution in [-0.2, 0) is 7.05 Å². The minimum absolute atomic E-state index is 0.0487. The number of carbonyl (C=O) groups excluding carboxylic acids is 1. The quantitative estimate of drug-likeness (QED) is 0.870. The van der Waals surface area contributed by atoms with Crippen LogP contribution in [0.3, 0.4) is 0 Å². The third-order valence-corrected chi connectivity index (χ3v) is 3.23. The predicted molar refractivity (Wildman–Crippen MR) is 75.5 cm³/mol. The highest BCUT2D eigenvalue weighted by Crippen LogP contribution is 2.27. The van der Waals surface area contributed by atoms with Crippen molar-refractivity contribution < 1.29 is 9.53 Å². The van der Waals surface area contributed by atoms with Gasteiger partial charge in [0.25, 0.3) is 5.91 Å². The lowest BCUT2D eigenvalue weighted by atomic mass is 10.2. The van der Waals surface area contributed by atoms with Gasteiger partial charge in [0.05, 0.1) is 12.6 Å². The molecule has 2 rings (SSSR count). The van der Waals surface area contributed by atoms with Gasteiger partial charge in [-0.15, -0.1) is 0 Å². The Kier molecular flexibility index (Phi) is 3.76.